The number of Topliss-reactive ketones (excluding diaryl/α,β-unsaturated/α-hetero) is 1. The lowest BCUT2D eigenvalue weighted by atomic mass is 9.98. The monoisotopic (exact) mass is 304 g/mol. The molecule has 0 saturated carbocycles. The van der Waals surface area contributed by atoms with Gasteiger partial charge in [0.05, 0.1) is 12.5 Å². The minimum atomic E-state index is -1.01. The third-order valence-electron chi connectivity index (χ3n) is 3.79. The predicted molar refractivity (Wildman–Crippen MR) is 82.2 cm³/mol. The van der Waals surface area contributed by atoms with Gasteiger partial charge >= 0.3 is 5.97 Å². The third-order valence-corrected chi connectivity index (χ3v) is 3.79. The number of aliphatic carboxylic acids is 1. The molecule has 0 radical (unpaired) electrons. The van der Waals surface area contributed by atoms with Crippen LogP contribution in [0.15, 0.2) is 18.2 Å². The smallest absolute Gasteiger partial charge is 0.305 e. The summed E-state index contributed by atoms with van der Waals surface area (Å²) in [5.41, 5.74) is 2.27. The van der Waals surface area contributed by atoms with Crippen LogP contribution >= 0.6 is 0 Å². The van der Waals surface area contributed by atoms with Crippen LogP contribution in [-0.2, 0) is 16.0 Å². The molecule has 1 aromatic carbocycles. The molecule has 6 nitrogen and oxygen atoms in total. The molecule has 6 heteroatoms. The first kappa shape index (κ1) is 16.2. The Balaban J connectivity index is 2.24. The average Bonchev–Trinajstić information content (AvgIpc) is 2.88. The Morgan fingerprint density at radius 2 is 2.09 bits per heavy atom. The quantitative estimate of drug-likeness (QED) is 0.772. The SMILES string of the molecule is CCNC(CC(=O)O)C(=O)c1ccc2c(c1)CCN2C(C)=O. The van der Waals surface area contributed by atoms with Crippen LogP contribution in [0.25, 0.3) is 0 Å². The van der Waals surface area contributed by atoms with Crippen molar-refractivity contribution in [2.45, 2.75) is 32.7 Å². The van der Waals surface area contributed by atoms with Crippen LogP contribution in [0.1, 0.15) is 36.2 Å². The topological polar surface area (TPSA) is 86.7 Å². The molecule has 1 aromatic rings. The summed E-state index contributed by atoms with van der Waals surface area (Å²) in [5.74, 6) is -1.26. The van der Waals surface area contributed by atoms with E-state index >= 15 is 0 Å². The summed E-state index contributed by atoms with van der Waals surface area (Å²) in [7, 11) is 0. The van der Waals surface area contributed by atoms with Crippen molar-refractivity contribution in [1.82, 2.24) is 5.32 Å². The Morgan fingerprint density at radius 3 is 2.68 bits per heavy atom. The van der Waals surface area contributed by atoms with Gasteiger partial charge in [-0.1, -0.05) is 6.92 Å². The molecular weight excluding hydrogens is 284 g/mol. The highest BCUT2D eigenvalue weighted by Crippen LogP contribution is 2.29. The molecular formula is C16H20N2O4. The molecule has 0 bridgehead atoms. The summed E-state index contributed by atoms with van der Waals surface area (Å²) in [6, 6.07) is 4.47. The highest BCUT2D eigenvalue weighted by atomic mass is 16.4. The van der Waals surface area contributed by atoms with Gasteiger partial charge in [-0.25, -0.2) is 0 Å². The van der Waals surface area contributed by atoms with Crippen molar-refractivity contribution in [3.05, 3.63) is 29.3 Å². The molecule has 0 saturated heterocycles. The van der Waals surface area contributed by atoms with Crippen LogP contribution in [0.3, 0.4) is 0 Å². The Morgan fingerprint density at radius 1 is 1.36 bits per heavy atom. The first-order chi connectivity index (χ1) is 10.4. The molecule has 1 unspecified atom stereocenters. The summed E-state index contributed by atoms with van der Waals surface area (Å²) in [6.07, 6.45) is 0.462. The normalized spacial score (nSPS) is 14.5. The minimum Gasteiger partial charge on any atom is -0.481 e. The van der Waals surface area contributed by atoms with Crippen molar-refractivity contribution in [2.75, 3.05) is 18.0 Å². The van der Waals surface area contributed by atoms with E-state index in [1.54, 1.807) is 23.1 Å². The van der Waals surface area contributed by atoms with E-state index in [0.717, 1.165) is 11.3 Å². The van der Waals surface area contributed by atoms with E-state index in [-0.39, 0.29) is 18.1 Å². The second-order valence-electron chi connectivity index (χ2n) is 5.34. The summed E-state index contributed by atoms with van der Waals surface area (Å²) < 4.78 is 0. The Kier molecular flexibility index (Phi) is 4.92. The van der Waals surface area contributed by atoms with E-state index in [0.29, 0.717) is 25.1 Å². The highest BCUT2D eigenvalue weighted by Gasteiger charge is 2.26. The molecule has 118 valence electrons. The van der Waals surface area contributed by atoms with E-state index in [2.05, 4.69) is 5.32 Å². The first-order valence-electron chi connectivity index (χ1n) is 7.34. The van der Waals surface area contributed by atoms with Crippen molar-refractivity contribution in [1.29, 1.82) is 0 Å². The lowest BCUT2D eigenvalue weighted by Gasteiger charge is -2.17. The fourth-order valence-corrected chi connectivity index (χ4v) is 2.76. The van der Waals surface area contributed by atoms with Gasteiger partial charge in [-0.2, -0.15) is 0 Å². The standard InChI is InChI=1S/C16H20N2O4/c1-3-17-13(9-15(20)21)16(22)12-4-5-14-11(8-12)6-7-18(14)10(2)19/h4-5,8,13,17H,3,6-7,9H2,1-2H3,(H,20,21). The Hall–Kier alpha value is -2.21. The summed E-state index contributed by atoms with van der Waals surface area (Å²) >= 11 is 0. The maximum atomic E-state index is 12.5. The lowest BCUT2D eigenvalue weighted by Crippen LogP contribution is -2.38. The molecule has 1 aliphatic heterocycles. The van der Waals surface area contributed by atoms with E-state index < -0.39 is 12.0 Å². The second-order valence-corrected chi connectivity index (χ2v) is 5.34. The summed E-state index contributed by atoms with van der Waals surface area (Å²) in [6.45, 7) is 4.48. The molecule has 1 aliphatic rings. The number of rotatable bonds is 6. The number of hydrogen-bond acceptors (Lipinski definition) is 4. The van der Waals surface area contributed by atoms with Gasteiger partial charge in [0.25, 0.3) is 0 Å². The van der Waals surface area contributed by atoms with Crippen molar-refractivity contribution in [2.24, 2.45) is 0 Å². The van der Waals surface area contributed by atoms with E-state index in [1.807, 2.05) is 6.92 Å². The third kappa shape index (κ3) is 3.33. The first-order valence-corrected chi connectivity index (χ1v) is 7.34. The fourth-order valence-electron chi connectivity index (χ4n) is 2.76. The number of carbonyl (C=O) groups is 3. The maximum absolute atomic E-state index is 12.5. The molecule has 1 amide bonds. The van der Waals surface area contributed by atoms with Gasteiger partial charge in [-0.15, -0.1) is 0 Å². The Labute approximate surface area is 129 Å². The number of carbonyl (C=O) groups excluding carboxylic acids is 2. The van der Waals surface area contributed by atoms with Crippen LogP contribution in [0.2, 0.25) is 0 Å². The number of fused-ring (bicyclic) bond motifs is 1. The van der Waals surface area contributed by atoms with Gasteiger partial charge in [0.2, 0.25) is 5.91 Å². The molecule has 0 aromatic heterocycles. The van der Waals surface area contributed by atoms with Gasteiger partial charge in [0, 0.05) is 24.7 Å². The van der Waals surface area contributed by atoms with Gasteiger partial charge in [-0.05, 0) is 36.7 Å². The number of carboxylic acid groups (broad SMARTS) is 1. The number of carboxylic acids is 1. The van der Waals surface area contributed by atoms with E-state index in [4.69, 9.17) is 5.11 Å². The number of benzene rings is 1. The van der Waals surface area contributed by atoms with Crippen LogP contribution in [0, 0.1) is 0 Å². The van der Waals surface area contributed by atoms with Crippen LogP contribution in [0.4, 0.5) is 5.69 Å². The minimum absolute atomic E-state index is 0.0192. The fraction of sp³-hybridized carbons (Fsp3) is 0.438. The lowest BCUT2D eigenvalue weighted by molar-refractivity contribution is -0.137. The number of anilines is 1. The zero-order chi connectivity index (χ0) is 16.3. The van der Waals surface area contributed by atoms with E-state index in [9.17, 15) is 14.4 Å². The van der Waals surface area contributed by atoms with Crippen molar-refractivity contribution in [3.8, 4) is 0 Å². The molecule has 0 spiro atoms. The molecule has 22 heavy (non-hydrogen) atoms. The van der Waals surface area contributed by atoms with Crippen molar-refractivity contribution in [3.63, 3.8) is 0 Å². The number of nitrogens with one attached hydrogen (secondary N) is 1. The summed E-state index contributed by atoms with van der Waals surface area (Å²) in [5, 5.41) is 11.8. The van der Waals surface area contributed by atoms with Crippen molar-refractivity contribution < 1.29 is 19.5 Å². The number of amides is 1. The second kappa shape index (κ2) is 6.70. The van der Waals surface area contributed by atoms with Crippen LogP contribution in [0.5, 0.6) is 0 Å². The van der Waals surface area contributed by atoms with Crippen LogP contribution < -0.4 is 10.2 Å². The molecule has 2 rings (SSSR count). The number of ketones is 1. The molecule has 1 heterocycles. The van der Waals surface area contributed by atoms with Gasteiger partial charge in [0.1, 0.15) is 0 Å². The molecule has 0 aliphatic carbocycles. The van der Waals surface area contributed by atoms with Gasteiger partial charge in [0.15, 0.2) is 5.78 Å². The van der Waals surface area contributed by atoms with Gasteiger partial charge < -0.3 is 15.3 Å². The molecule has 0 fully saturated rings. The zero-order valence-corrected chi connectivity index (χ0v) is 12.8. The average molecular weight is 304 g/mol. The maximum Gasteiger partial charge on any atom is 0.305 e. The number of nitrogens with zero attached hydrogens (tertiary/aromatic N) is 1. The number of hydrogen-bond donors (Lipinski definition) is 2. The largest absolute Gasteiger partial charge is 0.481 e. The zero-order valence-electron chi connectivity index (χ0n) is 12.8. The number of likely N-dealkylation sites (N-methyl/N-ethyl adjacent to an activating group) is 1. The highest BCUT2D eigenvalue weighted by molar-refractivity contribution is 6.03. The Bertz CT molecular complexity index is 612. The predicted octanol–water partition coefficient (Wildman–Crippen LogP) is 1.23. The van der Waals surface area contributed by atoms with Gasteiger partial charge in [-0.3, -0.25) is 14.4 Å². The molecule has 2 N–H and O–H groups in total. The van der Waals surface area contributed by atoms with E-state index in [1.165, 1.54) is 6.92 Å². The molecule has 1 atom stereocenters. The van der Waals surface area contributed by atoms with Crippen molar-refractivity contribution >= 4 is 23.3 Å². The summed E-state index contributed by atoms with van der Waals surface area (Å²) in [4.78, 5) is 36.6. The van der Waals surface area contributed by atoms with Crippen LogP contribution in [-0.4, -0.2) is 41.9 Å².